The average molecular weight is 214 g/mol. The lowest BCUT2D eigenvalue weighted by Gasteiger charge is -2.14. The van der Waals surface area contributed by atoms with Crippen molar-refractivity contribution in [2.45, 2.75) is 20.0 Å². The van der Waals surface area contributed by atoms with E-state index in [1.807, 2.05) is 32.0 Å². The van der Waals surface area contributed by atoms with Gasteiger partial charge in [0.25, 0.3) is 0 Å². The highest BCUT2D eigenvalue weighted by molar-refractivity contribution is 5.36. The van der Waals surface area contributed by atoms with E-state index in [1.165, 1.54) is 0 Å². The molecule has 2 aromatic rings. The number of benzene rings is 1. The summed E-state index contributed by atoms with van der Waals surface area (Å²) in [4.78, 5) is 0. The highest BCUT2D eigenvalue weighted by Crippen LogP contribution is 2.24. The molecule has 1 N–H and O–H groups in total. The normalized spacial score (nSPS) is 12.4. The first-order valence-electron chi connectivity index (χ1n) is 5.20. The maximum Gasteiger partial charge on any atom is 0.106 e. The Kier molecular flexibility index (Phi) is 2.97. The van der Waals surface area contributed by atoms with Crippen molar-refractivity contribution in [3.63, 3.8) is 0 Å². The van der Waals surface area contributed by atoms with E-state index in [-0.39, 0.29) is 0 Å². The Bertz CT molecular complexity index is 483. The molecule has 82 valence electrons. The molecule has 1 aromatic heterocycles. The van der Waals surface area contributed by atoms with Crippen molar-refractivity contribution in [3.8, 4) is 0 Å². The Morgan fingerprint density at radius 3 is 2.62 bits per heavy atom. The molecule has 0 spiro atoms. The van der Waals surface area contributed by atoms with E-state index < -0.39 is 6.10 Å². The number of aryl methyl sites for hydroxylation is 2. The number of rotatable bonds is 2. The molecule has 0 amide bonds. The lowest BCUT2D eigenvalue weighted by atomic mass is 9.97. The Morgan fingerprint density at radius 2 is 1.94 bits per heavy atom. The van der Waals surface area contributed by atoms with Crippen molar-refractivity contribution in [1.29, 1.82) is 0 Å². The second-order valence-corrected chi connectivity index (χ2v) is 3.94. The Hall–Kier alpha value is -1.74. The van der Waals surface area contributed by atoms with Crippen LogP contribution in [0.1, 0.15) is 28.4 Å². The lowest BCUT2D eigenvalue weighted by molar-refractivity contribution is 0.219. The van der Waals surface area contributed by atoms with E-state index in [1.54, 1.807) is 18.5 Å². The van der Waals surface area contributed by atoms with Gasteiger partial charge < -0.3 is 5.11 Å². The van der Waals surface area contributed by atoms with E-state index in [2.05, 4.69) is 10.2 Å². The molecule has 1 unspecified atom stereocenters. The maximum atomic E-state index is 10.2. The topological polar surface area (TPSA) is 46.0 Å². The molecule has 3 heteroatoms. The fourth-order valence-corrected chi connectivity index (χ4v) is 1.70. The summed E-state index contributed by atoms with van der Waals surface area (Å²) in [5, 5.41) is 17.7. The van der Waals surface area contributed by atoms with E-state index in [0.29, 0.717) is 0 Å². The largest absolute Gasteiger partial charge is 0.384 e. The van der Waals surface area contributed by atoms with Gasteiger partial charge in [0.15, 0.2) is 0 Å². The third-order valence-corrected chi connectivity index (χ3v) is 2.65. The second kappa shape index (κ2) is 4.41. The SMILES string of the molecule is Cc1ccc(C)c(C(O)c2ccnnc2)c1. The minimum absolute atomic E-state index is 0.629. The van der Waals surface area contributed by atoms with Gasteiger partial charge in [0.05, 0.1) is 6.20 Å². The quantitative estimate of drug-likeness (QED) is 0.833. The lowest BCUT2D eigenvalue weighted by Crippen LogP contribution is -2.03. The van der Waals surface area contributed by atoms with Crippen LogP contribution in [0, 0.1) is 13.8 Å². The van der Waals surface area contributed by atoms with Crippen LogP contribution < -0.4 is 0 Å². The summed E-state index contributed by atoms with van der Waals surface area (Å²) in [7, 11) is 0. The molecule has 1 atom stereocenters. The molecule has 2 rings (SSSR count). The zero-order chi connectivity index (χ0) is 11.5. The first-order chi connectivity index (χ1) is 7.68. The van der Waals surface area contributed by atoms with Gasteiger partial charge in [-0.25, -0.2) is 0 Å². The van der Waals surface area contributed by atoms with Crippen LogP contribution in [0.2, 0.25) is 0 Å². The maximum absolute atomic E-state index is 10.2. The van der Waals surface area contributed by atoms with Crippen LogP contribution in [0.15, 0.2) is 36.7 Å². The van der Waals surface area contributed by atoms with Gasteiger partial charge in [-0.1, -0.05) is 23.8 Å². The van der Waals surface area contributed by atoms with Gasteiger partial charge in [0.2, 0.25) is 0 Å². The highest BCUT2D eigenvalue weighted by Gasteiger charge is 2.12. The van der Waals surface area contributed by atoms with Crippen LogP contribution >= 0.6 is 0 Å². The zero-order valence-corrected chi connectivity index (χ0v) is 9.38. The number of aliphatic hydroxyl groups excluding tert-OH is 1. The van der Waals surface area contributed by atoms with Gasteiger partial charge in [-0.05, 0) is 31.0 Å². The van der Waals surface area contributed by atoms with Gasteiger partial charge in [-0.2, -0.15) is 10.2 Å². The summed E-state index contributed by atoms with van der Waals surface area (Å²) in [5.41, 5.74) is 3.91. The summed E-state index contributed by atoms with van der Waals surface area (Å²) in [6.45, 7) is 4.01. The smallest absolute Gasteiger partial charge is 0.106 e. The highest BCUT2D eigenvalue weighted by atomic mass is 16.3. The molecule has 0 bridgehead atoms. The summed E-state index contributed by atoms with van der Waals surface area (Å²) in [5.74, 6) is 0. The van der Waals surface area contributed by atoms with E-state index in [9.17, 15) is 5.11 Å². The molecule has 16 heavy (non-hydrogen) atoms. The Labute approximate surface area is 94.8 Å². The molecular weight excluding hydrogens is 200 g/mol. The van der Waals surface area contributed by atoms with Gasteiger partial charge in [-0.3, -0.25) is 0 Å². The van der Waals surface area contributed by atoms with Crippen LogP contribution in [-0.4, -0.2) is 15.3 Å². The standard InChI is InChI=1S/C13H14N2O/c1-9-3-4-10(2)12(7-9)13(16)11-5-6-14-15-8-11/h3-8,13,16H,1-2H3. The molecule has 0 fully saturated rings. The summed E-state index contributed by atoms with van der Waals surface area (Å²) < 4.78 is 0. The van der Waals surface area contributed by atoms with Gasteiger partial charge >= 0.3 is 0 Å². The summed E-state index contributed by atoms with van der Waals surface area (Å²) in [6.07, 6.45) is 2.55. The molecule has 1 heterocycles. The molecule has 0 saturated carbocycles. The number of aromatic nitrogens is 2. The third kappa shape index (κ3) is 2.09. The molecular formula is C13H14N2O. The fourth-order valence-electron chi connectivity index (χ4n) is 1.70. The average Bonchev–Trinajstić information content (AvgIpc) is 2.32. The van der Waals surface area contributed by atoms with Crippen LogP contribution in [0.3, 0.4) is 0 Å². The molecule has 0 aliphatic carbocycles. The third-order valence-electron chi connectivity index (χ3n) is 2.65. The van der Waals surface area contributed by atoms with Gasteiger partial charge in [0, 0.05) is 11.8 Å². The van der Waals surface area contributed by atoms with Crippen LogP contribution in [-0.2, 0) is 0 Å². The van der Waals surface area contributed by atoms with Crippen LogP contribution in [0.5, 0.6) is 0 Å². The number of hydrogen-bond acceptors (Lipinski definition) is 3. The predicted octanol–water partition coefficient (Wildman–Crippen LogP) is 2.18. The Morgan fingerprint density at radius 1 is 1.12 bits per heavy atom. The van der Waals surface area contributed by atoms with Gasteiger partial charge in [-0.15, -0.1) is 0 Å². The van der Waals surface area contributed by atoms with E-state index in [0.717, 1.165) is 22.3 Å². The molecule has 0 radical (unpaired) electrons. The first kappa shape index (κ1) is 10.8. The minimum atomic E-state index is -0.629. The number of aliphatic hydroxyl groups is 1. The monoisotopic (exact) mass is 214 g/mol. The van der Waals surface area contributed by atoms with Crippen molar-refractivity contribution in [1.82, 2.24) is 10.2 Å². The minimum Gasteiger partial charge on any atom is -0.384 e. The summed E-state index contributed by atoms with van der Waals surface area (Å²) in [6, 6.07) is 7.83. The molecule has 0 saturated heterocycles. The second-order valence-electron chi connectivity index (χ2n) is 3.94. The molecule has 0 aliphatic heterocycles. The van der Waals surface area contributed by atoms with E-state index >= 15 is 0 Å². The van der Waals surface area contributed by atoms with Gasteiger partial charge in [0.1, 0.15) is 6.10 Å². The van der Waals surface area contributed by atoms with E-state index in [4.69, 9.17) is 0 Å². The zero-order valence-electron chi connectivity index (χ0n) is 9.38. The van der Waals surface area contributed by atoms with Crippen molar-refractivity contribution in [3.05, 3.63) is 58.9 Å². The molecule has 1 aromatic carbocycles. The first-order valence-corrected chi connectivity index (χ1v) is 5.20. The van der Waals surface area contributed by atoms with Crippen molar-refractivity contribution in [2.75, 3.05) is 0 Å². The summed E-state index contributed by atoms with van der Waals surface area (Å²) >= 11 is 0. The number of nitrogens with zero attached hydrogens (tertiary/aromatic N) is 2. The van der Waals surface area contributed by atoms with Crippen LogP contribution in [0.25, 0.3) is 0 Å². The molecule has 3 nitrogen and oxygen atoms in total. The van der Waals surface area contributed by atoms with Crippen molar-refractivity contribution < 1.29 is 5.11 Å². The predicted molar refractivity (Wildman–Crippen MR) is 62.0 cm³/mol. The molecule has 0 aliphatic rings. The van der Waals surface area contributed by atoms with Crippen LogP contribution in [0.4, 0.5) is 0 Å². The number of hydrogen-bond donors (Lipinski definition) is 1. The Balaban J connectivity index is 2.41. The van der Waals surface area contributed by atoms with Crippen molar-refractivity contribution in [2.24, 2.45) is 0 Å². The van der Waals surface area contributed by atoms with Crippen molar-refractivity contribution >= 4 is 0 Å². The fraction of sp³-hybridized carbons (Fsp3) is 0.231.